The molecule has 0 aromatic rings. The van der Waals surface area contributed by atoms with Crippen molar-refractivity contribution < 1.29 is 19.5 Å². The lowest BCUT2D eigenvalue weighted by atomic mass is 9.84. The van der Waals surface area contributed by atoms with E-state index in [0.717, 1.165) is 32.1 Å². The average Bonchev–Trinajstić information content (AvgIpc) is 2.42. The molecule has 0 radical (unpaired) electrons. The number of rotatable bonds is 6. The van der Waals surface area contributed by atoms with Crippen LogP contribution < -0.4 is 11.1 Å². The fourth-order valence-corrected chi connectivity index (χ4v) is 2.59. The van der Waals surface area contributed by atoms with Crippen LogP contribution in [0.1, 0.15) is 39.0 Å². The summed E-state index contributed by atoms with van der Waals surface area (Å²) in [4.78, 5) is 35.4. The van der Waals surface area contributed by atoms with Crippen LogP contribution in [-0.4, -0.2) is 47.0 Å². The molecule has 0 aliphatic heterocycles. The van der Waals surface area contributed by atoms with Gasteiger partial charge in [-0.05, 0) is 25.7 Å². The number of carboxylic acid groups (broad SMARTS) is 1. The minimum Gasteiger partial charge on any atom is -0.480 e. The monoisotopic (exact) mass is 285 g/mol. The number of primary amides is 1. The summed E-state index contributed by atoms with van der Waals surface area (Å²) in [5.74, 6) is -1.69. The quantitative estimate of drug-likeness (QED) is 0.661. The predicted molar refractivity (Wildman–Crippen MR) is 73.0 cm³/mol. The van der Waals surface area contributed by atoms with E-state index in [2.05, 4.69) is 5.32 Å². The third-order valence-electron chi connectivity index (χ3n) is 3.68. The van der Waals surface area contributed by atoms with Crippen LogP contribution >= 0.6 is 0 Å². The van der Waals surface area contributed by atoms with Gasteiger partial charge in [0.05, 0.1) is 0 Å². The van der Waals surface area contributed by atoms with Gasteiger partial charge < -0.3 is 21.1 Å². The predicted octanol–water partition coefficient (Wildman–Crippen LogP) is 0.537. The topological polar surface area (TPSA) is 113 Å². The number of carboxylic acids is 1. The number of likely N-dealkylation sites (N-methyl/N-ethyl adjacent to an activating group) is 1. The molecule has 0 aromatic carbocycles. The first-order valence-electron chi connectivity index (χ1n) is 7.02. The largest absolute Gasteiger partial charge is 0.480 e. The van der Waals surface area contributed by atoms with Crippen LogP contribution in [0.4, 0.5) is 4.79 Å². The summed E-state index contributed by atoms with van der Waals surface area (Å²) in [6.07, 6.45) is 4.70. The smallest absolute Gasteiger partial charge is 0.326 e. The second kappa shape index (κ2) is 7.72. The molecule has 7 nitrogen and oxygen atoms in total. The SMILES string of the molecule is CCN(CC(N)=O)C(=O)NC(C(=O)O)C1CCCCC1. The van der Waals surface area contributed by atoms with E-state index in [4.69, 9.17) is 5.73 Å². The van der Waals surface area contributed by atoms with Gasteiger partial charge in [0.15, 0.2) is 0 Å². The number of carbonyl (C=O) groups is 3. The molecule has 0 heterocycles. The average molecular weight is 285 g/mol. The second-order valence-corrected chi connectivity index (χ2v) is 5.14. The van der Waals surface area contributed by atoms with Crippen LogP contribution in [0, 0.1) is 5.92 Å². The standard InChI is InChI=1S/C13H23N3O4/c1-2-16(8-10(14)17)13(20)15-11(12(18)19)9-6-4-3-5-7-9/h9,11H,2-8H2,1H3,(H2,14,17)(H,15,20)(H,18,19). The molecule has 1 aliphatic rings. The van der Waals surface area contributed by atoms with Crippen molar-refractivity contribution in [2.45, 2.75) is 45.1 Å². The van der Waals surface area contributed by atoms with Gasteiger partial charge in [0.2, 0.25) is 5.91 Å². The Balaban J connectivity index is 2.66. The second-order valence-electron chi connectivity index (χ2n) is 5.14. The Labute approximate surface area is 118 Å². The number of hydrogen-bond donors (Lipinski definition) is 3. The molecule has 20 heavy (non-hydrogen) atoms. The highest BCUT2D eigenvalue weighted by molar-refractivity contribution is 5.86. The van der Waals surface area contributed by atoms with Crippen molar-refractivity contribution in [3.05, 3.63) is 0 Å². The Bertz CT molecular complexity index is 367. The van der Waals surface area contributed by atoms with Gasteiger partial charge in [-0.25, -0.2) is 9.59 Å². The van der Waals surface area contributed by atoms with Crippen LogP contribution in [0.2, 0.25) is 0 Å². The fourth-order valence-electron chi connectivity index (χ4n) is 2.59. The number of nitrogens with zero attached hydrogens (tertiary/aromatic N) is 1. The summed E-state index contributed by atoms with van der Waals surface area (Å²) in [7, 11) is 0. The molecule has 0 spiro atoms. The number of carbonyl (C=O) groups excluding carboxylic acids is 2. The molecule has 1 aliphatic carbocycles. The van der Waals surface area contributed by atoms with Crippen molar-refractivity contribution in [2.24, 2.45) is 11.7 Å². The number of urea groups is 1. The lowest BCUT2D eigenvalue weighted by molar-refractivity contribution is -0.141. The maximum atomic E-state index is 12.0. The van der Waals surface area contributed by atoms with Gasteiger partial charge >= 0.3 is 12.0 Å². The van der Waals surface area contributed by atoms with Crippen LogP contribution in [0.3, 0.4) is 0 Å². The molecule has 1 fully saturated rings. The van der Waals surface area contributed by atoms with E-state index < -0.39 is 23.9 Å². The molecular weight excluding hydrogens is 262 g/mol. The zero-order valence-corrected chi connectivity index (χ0v) is 11.8. The lowest BCUT2D eigenvalue weighted by Crippen LogP contribution is -2.52. The molecule has 3 amide bonds. The summed E-state index contributed by atoms with van der Waals surface area (Å²) in [5, 5.41) is 11.8. The molecule has 0 bridgehead atoms. The fraction of sp³-hybridized carbons (Fsp3) is 0.769. The molecule has 0 aromatic heterocycles. The Morgan fingerprint density at radius 3 is 2.35 bits per heavy atom. The highest BCUT2D eigenvalue weighted by atomic mass is 16.4. The molecule has 1 atom stereocenters. The van der Waals surface area contributed by atoms with E-state index in [1.165, 1.54) is 4.90 Å². The highest BCUT2D eigenvalue weighted by Gasteiger charge is 2.31. The third kappa shape index (κ3) is 4.71. The van der Waals surface area contributed by atoms with Crippen molar-refractivity contribution in [1.29, 1.82) is 0 Å². The van der Waals surface area contributed by atoms with Crippen LogP contribution in [-0.2, 0) is 9.59 Å². The van der Waals surface area contributed by atoms with Gasteiger partial charge in [0.1, 0.15) is 12.6 Å². The Morgan fingerprint density at radius 2 is 1.90 bits per heavy atom. The first kappa shape index (κ1) is 16.3. The van der Waals surface area contributed by atoms with E-state index in [-0.39, 0.29) is 12.5 Å². The molecule has 114 valence electrons. The van der Waals surface area contributed by atoms with E-state index in [1.807, 2.05) is 0 Å². The maximum absolute atomic E-state index is 12.0. The zero-order valence-electron chi connectivity index (χ0n) is 11.8. The summed E-state index contributed by atoms with van der Waals surface area (Å²) in [6, 6.07) is -1.45. The Morgan fingerprint density at radius 1 is 1.30 bits per heavy atom. The normalized spacial score (nSPS) is 17.2. The van der Waals surface area contributed by atoms with Crippen molar-refractivity contribution in [3.63, 3.8) is 0 Å². The van der Waals surface area contributed by atoms with Crippen molar-refractivity contribution in [2.75, 3.05) is 13.1 Å². The van der Waals surface area contributed by atoms with Crippen molar-refractivity contribution >= 4 is 17.9 Å². The summed E-state index contributed by atoms with van der Waals surface area (Å²) in [5.41, 5.74) is 5.06. The van der Waals surface area contributed by atoms with Crippen LogP contribution in [0.5, 0.6) is 0 Å². The molecule has 1 saturated carbocycles. The molecule has 7 heteroatoms. The van der Waals surface area contributed by atoms with E-state index >= 15 is 0 Å². The first-order chi connectivity index (χ1) is 9.45. The maximum Gasteiger partial charge on any atom is 0.326 e. The van der Waals surface area contributed by atoms with Gasteiger partial charge in [-0.1, -0.05) is 19.3 Å². The van der Waals surface area contributed by atoms with Gasteiger partial charge in [-0.2, -0.15) is 0 Å². The number of aliphatic carboxylic acids is 1. The van der Waals surface area contributed by atoms with Gasteiger partial charge in [-0.15, -0.1) is 0 Å². The number of amides is 3. The van der Waals surface area contributed by atoms with E-state index in [1.54, 1.807) is 6.92 Å². The van der Waals surface area contributed by atoms with Gasteiger partial charge in [-0.3, -0.25) is 4.79 Å². The van der Waals surface area contributed by atoms with Gasteiger partial charge in [0.25, 0.3) is 0 Å². The van der Waals surface area contributed by atoms with Crippen LogP contribution in [0.25, 0.3) is 0 Å². The molecular formula is C13H23N3O4. The summed E-state index contributed by atoms with van der Waals surface area (Å²) < 4.78 is 0. The number of nitrogens with two attached hydrogens (primary N) is 1. The minimum absolute atomic E-state index is 0.0440. The van der Waals surface area contributed by atoms with Crippen molar-refractivity contribution in [3.8, 4) is 0 Å². The van der Waals surface area contributed by atoms with Crippen molar-refractivity contribution in [1.82, 2.24) is 10.2 Å². The molecule has 1 unspecified atom stereocenters. The highest BCUT2D eigenvalue weighted by Crippen LogP contribution is 2.26. The zero-order chi connectivity index (χ0) is 15.1. The van der Waals surface area contributed by atoms with Gasteiger partial charge in [0, 0.05) is 6.54 Å². The summed E-state index contributed by atoms with van der Waals surface area (Å²) >= 11 is 0. The molecule has 0 saturated heterocycles. The Hall–Kier alpha value is -1.79. The third-order valence-corrected chi connectivity index (χ3v) is 3.68. The number of nitrogens with one attached hydrogen (secondary N) is 1. The van der Waals surface area contributed by atoms with E-state index in [9.17, 15) is 19.5 Å². The van der Waals surface area contributed by atoms with E-state index in [0.29, 0.717) is 6.54 Å². The minimum atomic E-state index is -1.03. The summed E-state index contributed by atoms with van der Waals surface area (Å²) in [6.45, 7) is 1.80. The first-order valence-corrected chi connectivity index (χ1v) is 7.02. The Kier molecular flexibility index (Phi) is 6.27. The molecule has 4 N–H and O–H groups in total. The van der Waals surface area contributed by atoms with Crippen LogP contribution in [0.15, 0.2) is 0 Å². The molecule has 1 rings (SSSR count). The number of hydrogen-bond acceptors (Lipinski definition) is 3. The lowest BCUT2D eigenvalue weighted by Gasteiger charge is -2.30.